The van der Waals surface area contributed by atoms with Crippen molar-refractivity contribution < 1.29 is 4.74 Å². The van der Waals surface area contributed by atoms with Crippen LogP contribution in [0.2, 0.25) is 0 Å². The molecule has 2 atom stereocenters. The van der Waals surface area contributed by atoms with E-state index in [-0.39, 0.29) is 0 Å². The van der Waals surface area contributed by atoms with Gasteiger partial charge in [-0.05, 0) is 13.8 Å². The molecule has 3 nitrogen and oxygen atoms in total. The largest absolute Gasteiger partial charge is 0.373 e. The monoisotopic (exact) mass is 196 g/mol. The predicted octanol–water partition coefficient (Wildman–Crippen LogP) is 0.318. The molecular weight excluding hydrogens is 176 g/mol. The van der Waals surface area contributed by atoms with Gasteiger partial charge in [0.25, 0.3) is 0 Å². The van der Waals surface area contributed by atoms with Crippen LogP contribution in [-0.4, -0.2) is 49.8 Å². The van der Waals surface area contributed by atoms with Crippen LogP contribution in [0.3, 0.4) is 0 Å². The summed E-state index contributed by atoms with van der Waals surface area (Å²) in [5, 5.41) is 3.19. The van der Waals surface area contributed by atoms with E-state index in [9.17, 15) is 0 Å². The van der Waals surface area contributed by atoms with Gasteiger partial charge in [-0.1, -0.05) is 5.92 Å². The SMILES string of the molecule is C#CCNCCN1CC(C)OC(C)C1. The summed E-state index contributed by atoms with van der Waals surface area (Å²) in [6, 6.07) is 0. The van der Waals surface area contributed by atoms with E-state index in [1.165, 1.54) is 0 Å². The van der Waals surface area contributed by atoms with Crippen molar-refractivity contribution in [3.63, 3.8) is 0 Å². The van der Waals surface area contributed by atoms with Crippen LogP contribution in [0.1, 0.15) is 13.8 Å². The molecule has 0 bridgehead atoms. The first-order valence-electron chi connectivity index (χ1n) is 5.24. The minimum atomic E-state index is 0.353. The van der Waals surface area contributed by atoms with E-state index < -0.39 is 0 Å². The van der Waals surface area contributed by atoms with E-state index in [1.807, 2.05) is 0 Å². The molecule has 2 unspecified atom stereocenters. The first-order chi connectivity index (χ1) is 6.72. The number of hydrogen-bond donors (Lipinski definition) is 1. The highest BCUT2D eigenvalue weighted by Crippen LogP contribution is 2.09. The normalized spacial score (nSPS) is 28.6. The van der Waals surface area contributed by atoms with Gasteiger partial charge in [0, 0.05) is 26.2 Å². The third-order valence-electron chi connectivity index (χ3n) is 2.33. The van der Waals surface area contributed by atoms with Crippen molar-refractivity contribution >= 4 is 0 Å². The van der Waals surface area contributed by atoms with E-state index in [1.54, 1.807) is 0 Å². The number of ether oxygens (including phenoxy) is 1. The Morgan fingerprint density at radius 2 is 2.07 bits per heavy atom. The molecular formula is C11H20N2O. The maximum atomic E-state index is 5.65. The number of terminal acetylenes is 1. The molecule has 1 saturated heterocycles. The molecule has 0 radical (unpaired) electrons. The summed E-state index contributed by atoms with van der Waals surface area (Å²) in [7, 11) is 0. The molecule has 1 fully saturated rings. The van der Waals surface area contributed by atoms with Gasteiger partial charge in [0.05, 0.1) is 18.8 Å². The topological polar surface area (TPSA) is 24.5 Å². The second kappa shape index (κ2) is 6.02. The van der Waals surface area contributed by atoms with E-state index in [0.29, 0.717) is 18.8 Å². The molecule has 0 aliphatic carbocycles. The number of rotatable bonds is 4. The third kappa shape index (κ3) is 4.10. The molecule has 1 heterocycles. The molecule has 0 aromatic rings. The molecule has 1 N–H and O–H groups in total. The summed E-state index contributed by atoms with van der Waals surface area (Å²) in [6.45, 7) is 8.98. The fourth-order valence-corrected chi connectivity index (χ4v) is 1.86. The molecule has 0 spiro atoms. The number of morpholine rings is 1. The zero-order valence-electron chi connectivity index (χ0n) is 9.12. The Labute approximate surface area is 86.8 Å². The van der Waals surface area contributed by atoms with E-state index in [0.717, 1.165) is 26.2 Å². The van der Waals surface area contributed by atoms with Crippen LogP contribution < -0.4 is 5.32 Å². The van der Waals surface area contributed by atoms with Crippen LogP contribution in [0, 0.1) is 12.3 Å². The van der Waals surface area contributed by atoms with Gasteiger partial charge in [-0.25, -0.2) is 0 Å². The molecule has 0 saturated carbocycles. The average molecular weight is 196 g/mol. The Bertz CT molecular complexity index is 190. The van der Waals surface area contributed by atoms with Gasteiger partial charge in [0.1, 0.15) is 0 Å². The summed E-state index contributed by atoms with van der Waals surface area (Å²) in [4.78, 5) is 2.42. The second-order valence-corrected chi connectivity index (χ2v) is 3.90. The van der Waals surface area contributed by atoms with Gasteiger partial charge >= 0.3 is 0 Å². The maximum absolute atomic E-state index is 5.65. The smallest absolute Gasteiger partial charge is 0.0678 e. The van der Waals surface area contributed by atoms with Crippen molar-refractivity contribution in [1.29, 1.82) is 0 Å². The van der Waals surface area contributed by atoms with Crippen LogP contribution in [0.5, 0.6) is 0 Å². The first kappa shape index (κ1) is 11.5. The van der Waals surface area contributed by atoms with Gasteiger partial charge in [-0.2, -0.15) is 0 Å². The Balaban J connectivity index is 2.14. The van der Waals surface area contributed by atoms with Crippen molar-refractivity contribution in [2.75, 3.05) is 32.7 Å². The highest BCUT2D eigenvalue weighted by atomic mass is 16.5. The van der Waals surface area contributed by atoms with Crippen LogP contribution in [0.25, 0.3) is 0 Å². The van der Waals surface area contributed by atoms with Gasteiger partial charge < -0.3 is 10.1 Å². The van der Waals surface area contributed by atoms with Gasteiger partial charge in [-0.3, -0.25) is 4.90 Å². The molecule has 0 amide bonds. The minimum Gasteiger partial charge on any atom is -0.373 e. The van der Waals surface area contributed by atoms with Gasteiger partial charge in [-0.15, -0.1) is 6.42 Å². The maximum Gasteiger partial charge on any atom is 0.0678 e. The minimum absolute atomic E-state index is 0.353. The van der Waals surface area contributed by atoms with Crippen molar-refractivity contribution in [2.24, 2.45) is 0 Å². The highest BCUT2D eigenvalue weighted by Gasteiger charge is 2.21. The molecule has 1 aliphatic heterocycles. The summed E-state index contributed by atoms with van der Waals surface area (Å²) in [6.07, 6.45) is 5.85. The van der Waals surface area contributed by atoms with Gasteiger partial charge in [0.2, 0.25) is 0 Å². The first-order valence-corrected chi connectivity index (χ1v) is 5.24. The average Bonchev–Trinajstić information content (AvgIpc) is 2.11. The standard InChI is InChI=1S/C11H20N2O/c1-4-5-12-6-7-13-8-10(2)14-11(3)9-13/h1,10-12H,5-9H2,2-3H3. The Morgan fingerprint density at radius 1 is 1.43 bits per heavy atom. The molecule has 80 valence electrons. The van der Waals surface area contributed by atoms with Crippen molar-refractivity contribution in [2.45, 2.75) is 26.1 Å². The van der Waals surface area contributed by atoms with Gasteiger partial charge in [0.15, 0.2) is 0 Å². The molecule has 0 aromatic carbocycles. The zero-order chi connectivity index (χ0) is 10.4. The Morgan fingerprint density at radius 3 is 2.64 bits per heavy atom. The second-order valence-electron chi connectivity index (χ2n) is 3.90. The molecule has 0 aromatic heterocycles. The van der Waals surface area contributed by atoms with Crippen LogP contribution in [0.15, 0.2) is 0 Å². The van der Waals surface area contributed by atoms with Crippen molar-refractivity contribution in [1.82, 2.24) is 10.2 Å². The van der Waals surface area contributed by atoms with E-state index in [4.69, 9.17) is 11.2 Å². The molecule has 3 heteroatoms. The lowest BCUT2D eigenvalue weighted by molar-refractivity contribution is -0.0673. The number of hydrogen-bond acceptors (Lipinski definition) is 3. The Hall–Kier alpha value is -0.560. The quantitative estimate of drug-likeness (QED) is 0.517. The lowest BCUT2D eigenvalue weighted by Crippen LogP contribution is -2.47. The summed E-state index contributed by atoms with van der Waals surface area (Å²) < 4.78 is 5.65. The van der Waals surface area contributed by atoms with E-state index in [2.05, 4.69) is 30.0 Å². The van der Waals surface area contributed by atoms with Crippen molar-refractivity contribution in [3.8, 4) is 12.3 Å². The predicted molar refractivity (Wildman–Crippen MR) is 58.2 cm³/mol. The number of nitrogens with zero attached hydrogens (tertiary/aromatic N) is 1. The highest BCUT2D eigenvalue weighted by molar-refractivity contribution is 4.86. The summed E-state index contributed by atoms with van der Waals surface area (Å²) >= 11 is 0. The molecule has 1 aliphatic rings. The molecule has 14 heavy (non-hydrogen) atoms. The Kier molecular flexibility index (Phi) is 4.95. The summed E-state index contributed by atoms with van der Waals surface area (Å²) in [5.41, 5.74) is 0. The van der Waals surface area contributed by atoms with E-state index >= 15 is 0 Å². The fourth-order valence-electron chi connectivity index (χ4n) is 1.86. The lowest BCUT2D eigenvalue weighted by atomic mass is 10.2. The fraction of sp³-hybridized carbons (Fsp3) is 0.818. The van der Waals surface area contributed by atoms with Crippen LogP contribution in [-0.2, 0) is 4.74 Å². The lowest BCUT2D eigenvalue weighted by Gasteiger charge is -2.35. The third-order valence-corrected chi connectivity index (χ3v) is 2.33. The number of nitrogens with one attached hydrogen (secondary N) is 1. The van der Waals surface area contributed by atoms with Crippen molar-refractivity contribution in [3.05, 3.63) is 0 Å². The molecule has 1 rings (SSSR count). The summed E-state index contributed by atoms with van der Waals surface area (Å²) in [5.74, 6) is 2.57. The van der Waals surface area contributed by atoms with Crippen LogP contribution in [0.4, 0.5) is 0 Å². The van der Waals surface area contributed by atoms with Crippen LogP contribution >= 0.6 is 0 Å². The zero-order valence-corrected chi connectivity index (χ0v) is 9.12.